The van der Waals surface area contributed by atoms with Crippen molar-refractivity contribution in [3.8, 4) is 0 Å². The molecule has 2 heterocycles. The molecule has 0 amide bonds. The Balaban J connectivity index is 2.04. The monoisotopic (exact) mass is 263 g/mol. The lowest BCUT2D eigenvalue weighted by Gasteiger charge is -2.16. The molecule has 1 fully saturated rings. The Labute approximate surface area is 89.5 Å². The van der Waals surface area contributed by atoms with Gasteiger partial charge >= 0.3 is 0 Å². The fourth-order valence-electron chi connectivity index (χ4n) is 1.62. The van der Waals surface area contributed by atoms with E-state index in [1.807, 2.05) is 11.4 Å². The summed E-state index contributed by atoms with van der Waals surface area (Å²) in [4.78, 5) is 1.12. The lowest BCUT2D eigenvalue weighted by Crippen LogP contribution is -2.28. The molecule has 0 aromatic carbocycles. The molecule has 2 rings (SSSR count). The molecule has 1 N–H and O–H groups in total. The lowest BCUT2D eigenvalue weighted by atomic mass is 10.0. The van der Waals surface area contributed by atoms with Crippen LogP contribution in [0, 0.1) is 0 Å². The summed E-state index contributed by atoms with van der Waals surface area (Å²) in [7, 11) is 0. The van der Waals surface area contributed by atoms with Crippen molar-refractivity contribution in [2.75, 3.05) is 13.1 Å². The van der Waals surface area contributed by atoms with Crippen LogP contribution in [0.4, 0.5) is 4.39 Å². The zero-order valence-corrected chi connectivity index (χ0v) is 9.55. The lowest BCUT2D eigenvalue weighted by molar-refractivity contribution is 0.192. The van der Waals surface area contributed by atoms with Crippen molar-refractivity contribution >= 4 is 27.3 Å². The van der Waals surface area contributed by atoms with E-state index in [0.717, 1.165) is 15.9 Å². The molecular weight excluding hydrogens is 253 g/mol. The minimum absolute atomic E-state index is 0.502. The first-order valence-corrected chi connectivity index (χ1v) is 5.98. The molecule has 1 aliphatic rings. The predicted molar refractivity (Wildman–Crippen MR) is 57.0 cm³/mol. The highest BCUT2D eigenvalue weighted by atomic mass is 79.9. The Morgan fingerprint density at radius 3 is 3.08 bits per heavy atom. The number of alkyl halides is 1. The third-order valence-electron chi connectivity index (χ3n) is 2.30. The molecule has 1 aromatic heterocycles. The topological polar surface area (TPSA) is 12.0 Å². The smallest absolute Gasteiger partial charge is 0.129 e. The van der Waals surface area contributed by atoms with Gasteiger partial charge in [-0.1, -0.05) is 0 Å². The van der Waals surface area contributed by atoms with E-state index in [9.17, 15) is 4.39 Å². The molecule has 1 nitrogen and oxygen atoms in total. The first-order valence-electron chi connectivity index (χ1n) is 4.31. The highest BCUT2D eigenvalue weighted by molar-refractivity contribution is 9.10. The summed E-state index contributed by atoms with van der Waals surface area (Å²) in [5.74, 6) is 0. The zero-order valence-electron chi connectivity index (χ0n) is 7.15. The van der Waals surface area contributed by atoms with Crippen molar-refractivity contribution in [2.45, 2.75) is 18.5 Å². The van der Waals surface area contributed by atoms with E-state index in [1.165, 1.54) is 0 Å². The average Bonchev–Trinajstić information content (AvgIpc) is 2.62. The highest BCUT2D eigenvalue weighted by Gasteiger charge is 2.33. The van der Waals surface area contributed by atoms with Crippen LogP contribution in [0.3, 0.4) is 0 Å². The second-order valence-corrected chi connectivity index (χ2v) is 5.40. The van der Waals surface area contributed by atoms with Crippen LogP contribution in [0.1, 0.15) is 11.3 Å². The Hall–Kier alpha value is 0.0700. The Kier molecular flexibility index (Phi) is 2.72. The second kappa shape index (κ2) is 3.67. The van der Waals surface area contributed by atoms with Gasteiger partial charge in [0.15, 0.2) is 0 Å². The van der Waals surface area contributed by atoms with Crippen LogP contribution in [0.2, 0.25) is 0 Å². The molecule has 1 atom stereocenters. The standard InChI is InChI=1S/C9H11BrFNS/c10-7-3-8(13-5-7)4-9(11)1-2-12-6-9/h3,5,12H,1-2,4,6H2. The Morgan fingerprint density at radius 2 is 2.54 bits per heavy atom. The molecule has 0 spiro atoms. The Bertz CT molecular complexity index is 294. The summed E-state index contributed by atoms with van der Waals surface area (Å²) in [5, 5.41) is 5.06. The number of hydrogen-bond acceptors (Lipinski definition) is 2. The van der Waals surface area contributed by atoms with E-state index in [4.69, 9.17) is 0 Å². The van der Waals surface area contributed by atoms with Crippen LogP contribution >= 0.6 is 27.3 Å². The minimum Gasteiger partial charge on any atom is -0.313 e. The highest BCUT2D eigenvalue weighted by Crippen LogP contribution is 2.29. The summed E-state index contributed by atoms with van der Waals surface area (Å²) in [5.41, 5.74) is -1.01. The van der Waals surface area contributed by atoms with E-state index in [2.05, 4.69) is 21.2 Å². The van der Waals surface area contributed by atoms with Crippen molar-refractivity contribution in [1.82, 2.24) is 5.32 Å². The van der Waals surface area contributed by atoms with Gasteiger partial charge in [-0.05, 0) is 35.0 Å². The van der Waals surface area contributed by atoms with Crippen LogP contribution in [0.15, 0.2) is 15.9 Å². The number of hydrogen-bond donors (Lipinski definition) is 1. The number of halogens is 2. The van der Waals surface area contributed by atoms with Crippen molar-refractivity contribution in [3.63, 3.8) is 0 Å². The SMILES string of the molecule is FC1(Cc2cc(Br)cs2)CCNC1. The van der Waals surface area contributed by atoms with Gasteiger partial charge in [0.1, 0.15) is 5.67 Å². The molecule has 13 heavy (non-hydrogen) atoms. The van der Waals surface area contributed by atoms with Crippen molar-refractivity contribution in [1.29, 1.82) is 0 Å². The zero-order chi connectivity index (χ0) is 9.31. The summed E-state index contributed by atoms with van der Waals surface area (Å²) >= 11 is 4.99. The van der Waals surface area contributed by atoms with Gasteiger partial charge in [-0.25, -0.2) is 4.39 Å². The third kappa shape index (κ3) is 2.30. The van der Waals surface area contributed by atoms with E-state index < -0.39 is 5.67 Å². The average molecular weight is 264 g/mol. The molecule has 1 saturated heterocycles. The molecule has 0 bridgehead atoms. The Morgan fingerprint density at radius 1 is 1.69 bits per heavy atom. The second-order valence-electron chi connectivity index (χ2n) is 3.49. The molecule has 0 saturated carbocycles. The van der Waals surface area contributed by atoms with E-state index in [-0.39, 0.29) is 0 Å². The molecule has 1 aromatic rings. The summed E-state index contributed by atoms with van der Waals surface area (Å²) in [6, 6.07) is 2.00. The van der Waals surface area contributed by atoms with Crippen LogP contribution in [-0.2, 0) is 6.42 Å². The number of nitrogens with one attached hydrogen (secondary N) is 1. The van der Waals surface area contributed by atoms with Crippen molar-refractivity contribution in [2.24, 2.45) is 0 Å². The van der Waals surface area contributed by atoms with E-state index in [1.54, 1.807) is 11.3 Å². The molecule has 4 heteroatoms. The van der Waals surface area contributed by atoms with Crippen molar-refractivity contribution < 1.29 is 4.39 Å². The first kappa shape index (κ1) is 9.62. The molecule has 0 radical (unpaired) electrons. The maximum absolute atomic E-state index is 13.9. The van der Waals surface area contributed by atoms with Gasteiger partial charge in [-0.3, -0.25) is 0 Å². The normalized spacial score (nSPS) is 28.2. The first-order chi connectivity index (χ1) is 6.18. The maximum atomic E-state index is 13.9. The van der Waals surface area contributed by atoms with Crippen LogP contribution in [-0.4, -0.2) is 18.8 Å². The van der Waals surface area contributed by atoms with Crippen LogP contribution in [0.25, 0.3) is 0 Å². The molecule has 0 aliphatic carbocycles. The predicted octanol–water partition coefficient (Wildman–Crippen LogP) is 2.75. The quantitative estimate of drug-likeness (QED) is 0.866. The molecule has 72 valence electrons. The van der Waals surface area contributed by atoms with Crippen LogP contribution in [0.5, 0.6) is 0 Å². The van der Waals surface area contributed by atoms with Gasteiger partial charge in [0.25, 0.3) is 0 Å². The van der Waals surface area contributed by atoms with E-state index in [0.29, 0.717) is 19.4 Å². The molecular formula is C9H11BrFNS. The van der Waals surface area contributed by atoms with Gasteiger partial charge < -0.3 is 5.32 Å². The summed E-state index contributed by atoms with van der Waals surface area (Å²) in [6.45, 7) is 1.31. The largest absolute Gasteiger partial charge is 0.313 e. The van der Waals surface area contributed by atoms with E-state index >= 15 is 0 Å². The molecule has 1 aliphatic heterocycles. The van der Waals surface area contributed by atoms with Crippen molar-refractivity contribution in [3.05, 3.63) is 20.8 Å². The summed E-state index contributed by atoms with van der Waals surface area (Å²) < 4.78 is 15.0. The number of rotatable bonds is 2. The van der Waals surface area contributed by atoms with Gasteiger partial charge in [-0.2, -0.15) is 0 Å². The van der Waals surface area contributed by atoms with Crippen LogP contribution < -0.4 is 5.32 Å². The van der Waals surface area contributed by atoms with Gasteiger partial charge in [0, 0.05) is 27.7 Å². The molecule has 1 unspecified atom stereocenters. The van der Waals surface area contributed by atoms with Gasteiger partial charge in [0.2, 0.25) is 0 Å². The third-order valence-corrected chi connectivity index (χ3v) is 4.00. The number of thiophene rings is 1. The van der Waals surface area contributed by atoms with Gasteiger partial charge in [-0.15, -0.1) is 11.3 Å². The maximum Gasteiger partial charge on any atom is 0.129 e. The fraction of sp³-hybridized carbons (Fsp3) is 0.556. The minimum atomic E-state index is -1.01. The summed E-state index contributed by atoms with van der Waals surface area (Å²) in [6.07, 6.45) is 1.19. The fourth-order valence-corrected chi connectivity index (χ4v) is 3.20. The van der Waals surface area contributed by atoms with Gasteiger partial charge in [0.05, 0.1) is 0 Å².